The van der Waals surface area contributed by atoms with Gasteiger partial charge in [-0.3, -0.25) is 67.1 Å². The molecule has 0 saturated carbocycles. The summed E-state index contributed by atoms with van der Waals surface area (Å²) < 4.78 is 95.1. The van der Waals surface area contributed by atoms with E-state index in [0.717, 1.165) is 0 Å². The second-order valence-corrected chi connectivity index (χ2v) is 36.1. The Balaban J connectivity index is 3.41. The van der Waals surface area contributed by atoms with Gasteiger partial charge in [-0.25, -0.2) is 0 Å². The van der Waals surface area contributed by atoms with E-state index in [1.54, 1.807) is 41.5 Å². The second-order valence-electron chi connectivity index (χ2n) is 33.9. The highest BCUT2D eigenvalue weighted by molar-refractivity contribution is 7.81. The van der Waals surface area contributed by atoms with Crippen molar-refractivity contribution in [3.8, 4) is 0 Å². The van der Waals surface area contributed by atoms with E-state index in [-0.39, 0.29) is 331 Å². The van der Waals surface area contributed by atoms with Gasteiger partial charge in [-0.2, -0.15) is 75.8 Å². The fraction of sp³-hybridized carbons (Fsp3) is 0.833. The van der Waals surface area contributed by atoms with Crippen LogP contribution < -0.4 is 74.4 Å². The van der Waals surface area contributed by atoms with Gasteiger partial charge in [-0.05, 0) is 41.5 Å². The number of carbonyl (C=O) groups excluding carboxylic acids is 14. The SMILES string of the molecule is CC(C)(C)NC(CS)C(=O)NCCOCCOC1(OCCOCCNC(=O)C(CS)NC(C)(C)C)OCCOCCNC(=O)C(CS)NC(=O)CCC(=O)NCCOCCOC(OCCOCCNC(=O)CCC(=O)NC(CS)C(=O)C(C)(C)C)(OCCOCCNC(=O)CCC(=O)NC(CS)C(=O)C(C)(C)C)OCCOCCNC(=O)CCC(=O)NC(CS)C(=O)NCCOCCO1. The van der Waals surface area contributed by atoms with Gasteiger partial charge >= 0.3 is 12.3 Å². The molecule has 1 aliphatic rings. The van der Waals surface area contributed by atoms with Crippen LogP contribution in [0, 0.1) is 10.8 Å². The number of ether oxygens (including phenoxy) is 16. The molecule has 12 amide bonds. The van der Waals surface area contributed by atoms with Gasteiger partial charge in [0.25, 0.3) is 0 Å². The minimum Gasteiger partial charge on any atom is -0.377 e. The first-order valence-electron chi connectivity index (χ1n) is 44.9. The highest BCUT2D eigenvalue weighted by Crippen LogP contribution is 2.23. The predicted octanol–water partition coefficient (Wildman–Crippen LogP) is -2.20. The minimum absolute atomic E-state index is 0.0169. The summed E-state index contributed by atoms with van der Waals surface area (Å²) in [6.07, 6.45) is -6.47. The average Bonchev–Trinajstić information content (AvgIpc) is 0.873. The normalized spacial score (nSPS) is 20.1. The summed E-state index contributed by atoms with van der Waals surface area (Å²) in [7, 11) is 0. The van der Waals surface area contributed by atoms with Crippen molar-refractivity contribution in [1.82, 2.24) is 74.4 Å². The molecule has 0 bridgehead atoms. The van der Waals surface area contributed by atoms with Gasteiger partial charge < -0.3 is 150 Å². The Bertz CT molecular complexity index is 3200. The number of hydrogen-bond acceptors (Lipinski definition) is 38. The molecule has 0 spiro atoms. The lowest BCUT2D eigenvalue weighted by atomic mass is 9.87. The Hall–Kier alpha value is -5.64. The van der Waals surface area contributed by atoms with Gasteiger partial charge in [0.05, 0.1) is 183 Å². The third-order valence-electron chi connectivity index (χ3n) is 17.9. The lowest BCUT2D eigenvalue weighted by Gasteiger charge is -2.32. The zero-order chi connectivity index (χ0) is 100. The van der Waals surface area contributed by atoms with Crippen molar-refractivity contribution in [1.29, 1.82) is 0 Å². The Kier molecular flexibility index (Phi) is 69.3. The van der Waals surface area contributed by atoms with Gasteiger partial charge in [0.15, 0.2) is 11.6 Å². The molecule has 14 N–H and O–H groups in total. The molecule has 1 aliphatic heterocycles. The van der Waals surface area contributed by atoms with Crippen LogP contribution in [0.15, 0.2) is 0 Å². The summed E-state index contributed by atoms with van der Waals surface area (Å²) in [4.78, 5) is 181. The molecule has 0 radical (unpaired) electrons. The number of rotatable bonds is 48. The fourth-order valence-corrected chi connectivity index (χ4v) is 12.8. The first-order valence-corrected chi connectivity index (χ1v) is 48.7. The van der Waals surface area contributed by atoms with Crippen LogP contribution in [-0.4, -0.2) is 388 Å². The van der Waals surface area contributed by atoms with Crippen LogP contribution >= 0.6 is 75.8 Å². The molecule has 134 heavy (non-hydrogen) atoms. The number of ketones is 2. The van der Waals surface area contributed by atoms with Gasteiger partial charge in [-0.1, -0.05) is 41.5 Å². The molecular formula is C84H154N14O30S6. The molecule has 1 fully saturated rings. The maximum Gasteiger partial charge on any atom is 0.413 e. The fourth-order valence-electron chi connectivity index (χ4n) is 11.2. The van der Waals surface area contributed by atoms with Crippen molar-refractivity contribution in [2.24, 2.45) is 10.8 Å². The van der Waals surface area contributed by atoms with Crippen LogP contribution in [-0.2, 0) is 143 Å². The first-order chi connectivity index (χ1) is 63.5. The van der Waals surface area contributed by atoms with Gasteiger partial charge in [0, 0.05) is 160 Å². The molecule has 1 saturated heterocycles. The van der Waals surface area contributed by atoms with Crippen molar-refractivity contribution in [2.45, 2.75) is 194 Å². The van der Waals surface area contributed by atoms with Gasteiger partial charge in [-0.15, -0.1) is 0 Å². The minimum atomic E-state index is -2.33. The number of Topliss-reactive ketones (excluding diaryl/α,β-unsaturated/α-hetero) is 2. The van der Waals surface area contributed by atoms with Crippen molar-refractivity contribution < 1.29 is 143 Å². The first kappa shape index (κ1) is 126. The zero-order valence-electron chi connectivity index (χ0n) is 79.9. The number of nitrogens with one attached hydrogen (secondary N) is 14. The van der Waals surface area contributed by atoms with Crippen molar-refractivity contribution >= 4 is 158 Å². The summed E-state index contributed by atoms with van der Waals surface area (Å²) in [5.74, 6) is -5.85. The van der Waals surface area contributed by atoms with Crippen molar-refractivity contribution in [3.63, 3.8) is 0 Å². The third kappa shape index (κ3) is 63.8. The number of hydrogen-bond donors (Lipinski definition) is 20. The Morgan fingerprint density at radius 2 is 0.612 bits per heavy atom. The van der Waals surface area contributed by atoms with E-state index in [1.807, 2.05) is 41.5 Å². The highest BCUT2D eigenvalue weighted by atomic mass is 32.1. The molecule has 0 aromatic carbocycles. The molecular weight excluding hydrogens is 1880 g/mol. The van der Waals surface area contributed by atoms with Crippen LogP contribution in [0.2, 0.25) is 0 Å². The topological polar surface area (TPSA) is 555 Å². The second kappa shape index (κ2) is 73.5. The lowest BCUT2D eigenvalue weighted by molar-refractivity contribution is -0.502. The Labute approximate surface area is 821 Å². The molecule has 50 heteroatoms. The Morgan fingerprint density at radius 3 is 0.881 bits per heavy atom. The molecule has 44 nitrogen and oxygen atoms in total. The monoisotopic (exact) mass is 2030 g/mol. The predicted molar refractivity (Wildman–Crippen MR) is 514 cm³/mol. The Morgan fingerprint density at radius 1 is 0.343 bits per heavy atom. The summed E-state index contributed by atoms with van der Waals surface area (Å²) >= 11 is 25.6. The molecule has 1 heterocycles. The van der Waals surface area contributed by atoms with E-state index in [4.69, 9.17) is 75.8 Å². The van der Waals surface area contributed by atoms with E-state index in [1.165, 1.54) is 0 Å². The standard InChI is InChI=1S/C84H154N14O30S6/c1-79(2,3)73(107)59(53-129)93-69(103)17-13-65(99)85-21-29-113-37-45-121-83(122-46-38-114-30-22-86-66(100)14-18-70(104)94-60(54-130)74(108)80(4,5)6)123-47-39-115-31-23-87-67(101)15-19-71(105)95-61(55-131)75(109)89-25-33-117-41-49-125-84(127-51-43-119-35-27-91-77(111)63(57-133)97-81(7,8)9,128-52-44-120-36-28-92-78(112)64(58-134)98-82(10,11)12)126-50-42-118-34-26-90-76(110)62(56-132)96-72(106)20-16-68(102)88-24-32-116-40-48-124-83/h59-64,97-98,129-134H,13-58H2,1-12H3,(H,85,99)(H,86,100)(H,87,101)(H,88,102)(H,89,109)(H,90,110)(H,91,111)(H,92,112)(H,93,103)(H,94,104)(H,95,105)(H,96,106). The molecule has 0 aromatic heterocycles. The van der Waals surface area contributed by atoms with Crippen LogP contribution in [0.25, 0.3) is 0 Å². The molecule has 776 valence electrons. The quantitative estimate of drug-likeness (QED) is 0.0175. The number of amides is 12. The molecule has 0 aliphatic carbocycles. The number of thiol groups is 6. The van der Waals surface area contributed by atoms with Gasteiger partial charge in [0.1, 0.15) is 12.1 Å². The van der Waals surface area contributed by atoms with Crippen LogP contribution in [0.1, 0.15) is 134 Å². The molecule has 6 unspecified atom stereocenters. The summed E-state index contributed by atoms with van der Waals surface area (Å²) in [6.45, 7) is 19.3. The van der Waals surface area contributed by atoms with E-state index in [2.05, 4.69) is 150 Å². The van der Waals surface area contributed by atoms with Gasteiger partial charge in [0.2, 0.25) is 70.9 Å². The van der Waals surface area contributed by atoms with Crippen molar-refractivity contribution in [2.75, 3.05) is 245 Å². The largest absolute Gasteiger partial charge is 0.413 e. The maximum atomic E-state index is 13.3. The molecule has 1 rings (SSSR count). The lowest BCUT2D eigenvalue weighted by Crippen LogP contribution is -2.53. The molecule has 0 aromatic rings. The van der Waals surface area contributed by atoms with E-state index >= 15 is 0 Å². The smallest absolute Gasteiger partial charge is 0.377 e. The van der Waals surface area contributed by atoms with Crippen LogP contribution in [0.4, 0.5) is 0 Å². The summed E-state index contributed by atoms with van der Waals surface area (Å²) in [6, 6.07) is -4.99. The molecule has 6 atom stereocenters. The van der Waals surface area contributed by atoms with Crippen LogP contribution in [0.5, 0.6) is 0 Å². The average molecular weight is 2030 g/mol. The number of carbonyl (C=O) groups is 14. The maximum absolute atomic E-state index is 13.3. The van der Waals surface area contributed by atoms with Crippen molar-refractivity contribution in [3.05, 3.63) is 0 Å². The third-order valence-corrected chi connectivity index (χ3v) is 20.0. The van der Waals surface area contributed by atoms with E-state index < -0.39 is 118 Å². The van der Waals surface area contributed by atoms with E-state index in [9.17, 15) is 67.1 Å². The highest BCUT2D eigenvalue weighted by Gasteiger charge is 2.39. The van der Waals surface area contributed by atoms with E-state index in [0.29, 0.717) is 0 Å². The zero-order valence-corrected chi connectivity index (χ0v) is 85.3. The summed E-state index contributed by atoms with van der Waals surface area (Å²) in [5, 5.41) is 38.6. The van der Waals surface area contributed by atoms with Crippen LogP contribution in [0.3, 0.4) is 0 Å². The summed E-state index contributed by atoms with van der Waals surface area (Å²) in [5.41, 5.74) is -2.15.